The highest BCUT2D eigenvalue weighted by molar-refractivity contribution is 6.33. The second-order valence-corrected chi connectivity index (χ2v) is 8.75. The van der Waals surface area contributed by atoms with E-state index in [4.69, 9.17) is 16.0 Å². The van der Waals surface area contributed by atoms with Gasteiger partial charge >= 0.3 is 0 Å². The van der Waals surface area contributed by atoms with Gasteiger partial charge in [0.15, 0.2) is 17.3 Å². The van der Waals surface area contributed by atoms with Crippen LogP contribution in [0.25, 0.3) is 17.1 Å². The minimum Gasteiger partial charge on any atom is -0.419 e. The zero-order valence-electron chi connectivity index (χ0n) is 19.0. The first-order valence-electron chi connectivity index (χ1n) is 11.4. The molecular formula is C25H22ClF2N5O2. The van der Waals surface area contributed by atoms with Gasteiger partial charge in [0.05, 0.1) is 22.8 Å². The van der Waals surface area contributed by atoms with E-state index < -0.39 is 11.6 Å². The minimum absolute atomic E-state index is 0.108. The van der Waals surface area contributed by atoms with Crippen molar-refractivity contribution < 1.29 is 18.0 Å². The zero-order chi connectivity index (χ0) is 24.5. The van der Waals surface area contributed by atoms with E-state index >= 15 is 0 Å². The van der Waals surface area contributed by atoms with Gasteiger partial charge in [0.25, 0.3) is 5.91 Å². The molecule has 2 aromatic heterocycles. The summed E-state index contributed by atoms with van der Waals surface area (Å²) >= 11 is 6.23. The molecule has 35 heavy (non-hydrogen) atoms. The summed E-state index contributed by atoms with van der Waals surface area (Å²) in [5.74, 6) is -1.62. The molecule has 0 spiro atoms. The van der Waals surface area contributed by atoms with Gasteiger partial charge in [-0.2, -0.15) is 5.10 Å². The molecular weight excluding hydrogens is 476 g/mol. The first-order chi connectivity index (χ1) is 17.0. The molecule has 1 amide bonds. The summed E-state index contributed by atoms with van der Waals surface area (Å²) in [5, 5.41) is 13.2. The number of hydrogen-bond acceptors (Lipinski definition) is 5. The van der Waals surface area contributed by atoms with E-state index in [1.54, 1.807) is 21.7 Å². The summed E-state index contributed by atoms with van der Waals surface area (Å²) in [5.41, 5.74) is 2.98. The van der Waals surface area contributed by atoms with Crippen molar-refractivity contribution >= 4 is 17.5 Å². The Balaban J connectivity index is 1.44. The van der Waals surface area contributed by atoms with Crippen molar-refractivity contribution in [3.05, 3.63) is 82.0 Å². The Morgan fingerprint density at radius 1 is 1.14 bits per heavy atom. The van der Waals surface area contributed by atoms with Crippen molar-refractivity contribution in [3.63, 3.8) is 0 Å². The van der Waals surface area contributed by atoms with Gasteiger partial charge in [0, 0.05) is 23.9 Å². The smallest absolute Gasteiger partial charge is 0.275 e. The van der Waals surface area contributed by atoms with Crippen LogP contribution >= 0.6 is 11.6 Å². The highest BCUT2D eigenvalue weighted by Gasteiger charge is 2.30. The molecule has 0 N–H and O–H groups in total. The molecule has 5 rings (SSSR count). The van der Waals surface area contributed by atoms with E-state index in [1.165, 1.54) is 6.07 Å². The lowest BCUT2D eigenvalue weighted by atomic mass is 10.1. The molecule has 4 aromatic rings. The molecule has 0 unspecified atom stereocenters. The van der Waals surface area contributed by atoms with Crippen LogP contribution in [0.1, 0.15) is 47.4 Å². The fourth-order valence-electron chi connectivity index (χ4n) is 4.34. The van der Waals surface area contributed by atoms with Crippen molar-refractivity contribution in [2.75, 3.05) is 6.54 Å². The summed E-state index contributed by atoms with van der Waals surface area (Å²) in [6.45, 7) is 2.53. The maximum absolute atomic E-state index is 13.9. The van der Waals surface area contributed by atoms with Crippen molar-refractivity contribution in [3.8, 4) is 17.1 Å². The van der Waals surface area contributed by atoms with E-state index in [0.29, 0.717) is 47.8 Å². The number of benzene rings is 2. The van der Waals surface area contributed by atoms with Gasteiger partial charge in [-0.25, -0.2) is 13.5 Å². The van der Waals surface area contributed by atoms with Gasteiger partial charge in [-0.1, -0.05) is 30.7 Å². The van der Waals surface area contributed by atoms with E-state index in [0.717, 1.165) is 29.8 Å². The standard InChI is InChI=1S/C25H22ClF2N5O2/c1-2-12-32(14-22-29-30-24(35-22)16-6-3-4-8-18(16)26)25(34)23-17-7-5-9-21(17)33(31-23)15-10-11-19(27)20(28)13-15/h3-4,6,8,10-11,13H,2,5,7,9,12,14H2,1H3. The molecule has 2 heterocycles. The van der Waals surface area contributed by atoms with Crippen LogP contribution in [0.4, 0.5) is 8.78 Å². The highest BCUT2D eigenvalue weighted by Crippen LogP contribution is 2.30. The molecule has 2 aromatic carbocycles. The van der Waals surface area contributed by atoms with Crippen LogP contribution < -0.4 is 0 Å². The molecule has 0 aliphatic heterocycles. The van der Waals surface area contributed by atoms with Gasteiger partial charge in [0.1, 0.15) is 0 Å². The molecule has 0 saturated carbocycles. The van der Waals surface area contributed by atoms with E-state index in [9.17, 15) is 13.6 Å². The fraction of sp³-hybridized carbons (Fsp3) is 0.280. The van der Waals surface area contributed by atoms with Gasteiger partial charge in [0.2, 0.25) is 11.8 Å². The number of rotatable bonds is 7. The van der Waals surface area contributed by atoms with E-state index in [1.807, 2.05) is 19.1 Å². The molecule has 1 aliphatic carbocycles. The van der Waals surface area contributed by atoms with Gasteiger partial charge in [-0.15, -0.1) is 10.2 Å². The number of aromatic nitrogens is 4. The summed E-state index contributed by atoms with van der Waals surface area (Å²) in [6, 6.07) is 10.8. The van der Waals surface area contributed by atoms with Crippen molar-refractivity contribution in [2.24, 2.45) is 0 Å². The number of nitrogens with zero attached hydrogens (tertiary/aromatic N) is 5. The molecule has 0 saturated heterocycles. The Bertz CT molecular complexity index is 1400. The normalized spacial score (nSPS) is 12.7. The lowest BCUT2D eigenvalue weighted by molar-refractivity contribution is 0.0721. The zero-order valence-corrected chi connectivity index (χ0v) is 19.7. The van der Waals surface area contributed by atoms with Crippen LogP contribution in [-0.2, 0) is 19.4 Å². The van der Waals surface area contributed by atoms with Crippen LogP contribution in [-0.4, -0.2) is 37.3 Å². The second kappa shape index (κ2) is 9.58. The maximum Gasteiger partial charge on any atom is 0.275 e. The maximum atomic E-state index is 13.9. The lowest BCUT2D eigenvalue weighted by Crippen LogP contribution is -2.32. The van der Waals surface area contributed by atoms with Gasteiger partial charge < -0.3 is 9.32 Å². The van der Waals surface area contributed by atoms with E-state index in [-0.39, 0.29) is 24.2 Å². The number of fused-ring (bicyclic) bond motifs is 1. The Kier molecular flexibility index (Phi) is 6.34. The van der Waals surface area contributed by atoms with Crippen molar-refractivity contribution in [2.45, 2.75) is 39.2 Å². The van der Waals surface area contributed by atoms with E-state index in [2.05, 4.69) is 15.3 Å². The third-order valence-corrected chi connectivity index (χ3v) is 6.29. The number of hydrogen-bond donors (Lipinski definition) is 0. The Labute approximate surface area is 205 Å². The minimum atomic E-state index is -0.962. The fourth-order valence-corrected chi connectivity index (χ4v) is 4.55. The molecule has 0 bridgehead atoms. The number of carbonyl (C=O) groups is 1. The topological polar surface area (TPSA) is 77.1 Å². The van der Waals surface area contributed by atoms with Crippen LogP contribution in [0.2, 0.25) is 5.02 Å². The van der Waals surface area contributed by atoms with Crippen LogP contribution in [0.3, 0.4) is 0 Å². The largest absolute Gasteiger partial charge is 0.419 e. The van der Waals surface area contributed by atoms with Crippen molar-refractivity contribution in [1.29, 1.82) is 0 Å². The number of carbonyl (C=O) groups excluding carboxylic acids is 1. The average molecular weight is 498 g/mol. The average Bonchev–Trinajstić information content (AvgIpc) is 3.58. The molecule has 7 nitrogen and oxygen atoms in total. The highest BCUT2D eigenvalue weighted by atomic mass is 35.5. The summed E-state index contributed by atoms with van der Waals surface area (Å²) in [6.07, 6.45) is 2.96. The number of amides is 1. The number of halogens is 3. The summed E-state index contributed by atoms with van der Waals surface area (Å²) < 4.78 is 34.7. The Morgan fingerprint density at radius 2 is 1.97 bits per heavy atom. The molecule has 0 fully saturated rings. The quantitative estimate of drug-likeness (QED) is 0.342. The predicted octanol–water partition coefficient (Wildman–Crippen LogP) is 5.40. The molecule has 0 atom stereocenters. The Morgan fingerprint density at radius 3 is 2.74 bits per heavy atom. The van der Waals surface area contributed by atoms with Crippen LogP contribution in [0.15, 0.2) is 46.9 Å². The van der Waals surface area contributed by atoms with Crippen LogP contribution in [0, 0.1) is 11.6 Å². The first kappa shape index (κ1) is 23.2. The van der Waals surface area contributed by atoms with Gasteiger partial charge in [-0.3, -0.25) is 4.79 Å². The third-order valence-electron chi connectivity index (χ3n) is 5.96. The third kappa shape index (κ3) is 4.43. The predicted molar refractivity (Wildman–Crippen MR) is 125 cm³/mol. The molecule has 0 radical (unpaired) electrons. The van der Waals surface area contributed by atoms with Gasteiger partial charge in [-0.05, 0) is 49.9 Å². The lowest BCUT2D eigenvalue weighted by Gasteiger charge is -2.19. The Hall–Kier alpha value is -3.59. The second-order valence-electron chi connectivity index (χ2n) is 8.35. The summed E-state index contributed by atoms with van der Waals surface area (Å²) in [4.78, 5) is 15.2. The van der Waals surface area contributed by atoms with Crippen molar-refractivity contribution in [1.82, 2.24) is 24.9 Å². The monoisotopic (exact) mass is 497 g/mol. The molecule has 1 aliphatic rings. The molecule has 180 valence electrons. The summed E-state index contributed by atoms with van der Waals surface area (Å²) in [7, 11) is 0. The molecule has 10 heteroatoms. The van der Waals surface area contributed by atoms with Crippen LogP contribution in [0.5, 0.6) is 0 Å². The first-order valence-corrected chi connectivity index (χ1v) is 11.8. The SMILES string of the molecule is CCCN(Cc1nnc(-c2ccccc2Cl)o1)C(=O)c1nn(-c2ccc(F)c(F)c2)c2c1CCC2.